The Morgan fingerprint density at radius 1 is 0.848 bits per heavy atom. The molecule has 66 heavy (non-hydrogen) atoms. The molecule has 0 aliphatic carbocycles. The monoisotopic (exact) mass is 937 g/mol. The lowest BCUT2D eigenvalue weighted by atomic mass is 9.93. The number of urea groups is 1. The van der Waals surface area contributed by atoms with Gasteiger partial charge in [0.05, 0.1) is 5.69 Å². The minimum atomic E-state index is -5.08. The zero-order valence-corrected chi connectivity index (χ0v) is 36.5. The van der Waals surface area contributed by atoms with Gasteiger partial charge in [-0.15, -0.1) is 0 Å². The van der Waals surface area contributed by atoms with Crippen molar-refractivity contribution in [2.45, 2.75) is 83.2 Å². The van der Waals surface area contributed by atoms with E-state index in [1.807, 2.05) is 50.7 Å². The molecule has 2 aliphatic heterocycles. The fourth-order valence-electron chi connectivity index (χ4n) is 7.13. The molecule has 0 atom stereocenters. The maximum atomic E-state index is 13.7. The number of aromatic amines is 1. The number of anilines is 2. The van der Waals surface area contributed by atoms with Crippen LogP contribution >= 0.6 is 0 Å². The van der Waals surface area contributed by atoms with Gasteiger partial charge in [0.2, 0.25) is 5.78 Å². The summed E-state index contributed by atoms with van der Waals surface area (Å²) in [5, 5.41) is 25.1. The molecule has 23 heteroatoms. The molecule has 3 amide bonds. The van der Waals surface area contributed by atoms with E-state index in [2.05, 4.69) is 25.7 Å². The molecule has 2 saturated heterocycles. The maximum absolute atomic E-state index is 13.7. The Morgan fingerprint density at radius 2 is 1.47 bits per heavy atom. The summed E-state index contributed by atoms with van der Waals surface area (Å²) in [5.74, 6) is -4.25. The number of rotatable bonds is 8. The van der Waals surface area contributed by atoms with Gasteiger partial charge < -0.3 is 48.9 Å². The Morgan fingerprint density at radius 3 is 2.03 bits per heavy atom. The van der Waals surface area contributed by atoms with Gasteiger partial charge in [-0.1, -0.05) is 32.3 Å². The number of nitrogens with zero attached hydrogens (tertiary/aromatic N) is 4. The van der Waals surface area contributed by atoms with Gasteiger partial charge in [0.1, 0.15) is 17.1 Å². The Balaban J connectivity index is 0.000000507. The molecule has 0 spiro atoms. The molecule has 358 valence electrons. The highest BCUT2D eigenvalue weighted by atomic mass is 19.4. The van der Waals surface area contributed by atoms with Gasteiger partial charge in [0.15, 0.2) is 11.6 Å². The molecular formula is C43H49F6N7O10. The zero-order chi connectivity index (χ0) is 48.7. The van der Waals surface area contributed by atoms with Crippen LogP contribution in [0.2, 0.25) is 0 Å². The quantitative estimate of drug-likeness (QED) is 0.0725. The fourth-order valence-corrected chi connectivity index (χ4v) is 7.13. The van der Waals surface area contributed by atoms with Crippen LogP contribution in [0.4, 0.5) is 47.4 Å². The molecule has 2 fully saturated rings. The first-order chi connectivity index (χ1) is 30.8. The first-order valence-electron chi connectivity index (χ1n) is 20.5. The molecule has 0 bridgehead atoms. The van der Waals surface area contributed by atoms with Crippen LogP contribution in [0.25, 0.3) is 21.9 Å². The zero-order valence-electron chi connectivity index (χ0n) is 36.5. The second kappa shape index (κ2) is 20.7. The average Bonchev–Trinajstić information content (AvgIpc) is 4.00. The molecule has 5 N–H and O–H groups in total. The minimum absolute atomic E-state index is 0.147. The van der Waals surface area contributed by atoms with E-state index < -0.39 is 30.3 Å². The summed E-state index contributed by atoms with van der Waals surface area (Å²) in [7, 11) is 3.90. The highest BCUT2D eigenvalue weighted by Crippen LogP contribution is 2.33. The van der Waals surface area contributed by atoms with E-state index in [0.717, 1.165) is 42.4 Å². The van der Waals surface area contributed by atoms with Crippen molar-refractivity contribution in [3.63, 3.8) is 0 Å². The van der Waals surface area contributed by atoms with E-state index in [4.69, 9.17) is 33.5 Å². The summed E-state index contributed by atoms with van der Waals surface area (Å²) < 4.78 is 80.8. The summed E-state index contributed by atoms with van der Waals surface area (Å²) in [5.41, 5.74) is 2.67. The van der Waals surface area contributed by atoms with Gasteiger partial charge in [-0.05, 0) is 95.3 Å². The number of ether oxygens (including phenoxy) is 1. The molecule has 0 saturated carbocycles. The fraction of sp³-hybridized carbons (Fsp3) is 0.442. The number of nitrogens with one attached hydrogen (secondary N) is 3. The Bertz CT molecular complexity index is 2500. The average molecular weight is 938 g/mol. The smallest absolute Gasteiger partial charge is 0.475 e. The second-order valence-electron chi connectivity index (χ2n) is 16.8. The molecule has 17 nitrogen and oxygen atoms in total. The first kappa shape index (κ1) is 50.4. The highest BCUT2D eigenvalue weighted by Gasteiger charge is 2.39. The number of amides is 3. The molecule has 2 aromatic carbocycles. The molecule has 7 rings (SSSR count). The Hall–Kier alpha value is -6.62. The van der Waals surface area contributed by atoms with Crippen molar-refractivity contribution in [3.05, 3.63) is 71.3 Å². The predicted octanol–water partition coefficient (Wildman–Crippen LogP) is 8.85. The van der Waals surface area contributed by atoms with Crippen LogP contribution in [-0.4, -0.2) is 124 Å². The number of hydrogen-bond acceptors (Lipinski definition) is 11. The second-order valence-corrected chi connectivity index (χ2v) is 16.8. The van der Waals surface area contributed by atoms with Crippen molar-refractivity contribution in [1.82, 2.24) is 24.8 Å². The van der Waals surface area contributed by atoms with Crippen molar-refractivity contribution in [3.8, 4) is 5.75 Å². The highest BCUT2D eigenvalue weighted by molar-refractivity contribution is 6.11. The molecule has 0 radical (unpaired) electrons. The summed E-state index contributed by atoms with van der Waals surface area (Å²) in [4.78, 5) is 67.2. The lowest BCUT2D eigenvalue weighted by Crippen LogP contribution is -2.48. The number of ketones is 1. The summed E-state index contributed by atoms with van der Waals surface area (Å²) in [6.45, 7) is 10.2. The SMILES string of the molecule is CN(C)Cc1c(OC(=O)N2CCC(N3CCCCC3)CC2)ccc2[nH]c(C(=O)c3cc4cc(NC(=O)Nc5cc(C(C)(C)C)on5)ccc4o3)cc12.O=C(O)C(F)(F)F.O=C(O)C(F)(F)F. The third-order valence-corrected chi connectivity index (χ3v) is 10.4. The summed E-state index contributed by atoms with van der Waals surface area (Å²) in [6.07, 6.45) is -4.76. The van der Waals surface area contributed by atoms with E-state index >= 15 is 0 Å². The van der Waals surface area contributed by atoms with Crippen molar-refractivity contribution in [2.24, 2.45) is 0 Å². The van der Waals surface area contributed by atoms with E-state index in [1.54, 1.807) is 42.5 Å². The van der Waals surface area contributed by atoms with E-state index in [9.17, 15) is 40.7 Å². The van der Waals surface area contributed by atoms with Crippen LogP contribution in [0, 0.1) is 0 Å². The van der Waals surface area contributed by atoms with Gasteiger partial charge in [-0.2, -0.15) is 26.3 Å². The molecule has 5 aromatic rings. The number of benzene rings is 2. The number of likely N-dealkylation sites (tertiary alicyclic amines) is 2. The summed E-state index contributed by atoms with van der Waals surface area (Å²) >= 11 is 0. The topological polar surface area (TPSA) is 224 Å². The molecule has 5 heterocycles. The van der Waals surface area contributed by atoms with Gasteiger partial charge in [0, 0.05) is 64.7 Å². The lowest BCUT2D eigenvalue weighted by molar-refractivity contribution is -0.193. The van der Waals surface area contributed by atoms with Crippen molar-refractivity contribution >= 4 is 63.2 Å². The van der Waals surface area contributed by atoms with Gasteiger partial charge in [-0.25, -0.2) is 19.2 Å². The molecule has 0 unspecified atom stereocenters. The maximum Gasteiger partial charge on any atom is 0.490 e. The predicted molar refractivity (Wildman–Crippen MR) is 227 cm³/mol. The number of carboxylic acids is 2. The normalized spacial score (nSPS) is 15.1. The van der Waals surface area contributed by atoms with Crippen LogP contribution in [-0.2, 0) is 21.5 Å². The number of fused-ring (bicyclic) bond motifs is 2. The van der Waals surface area contributed by atoms with Crippen LogP contribution < -0.4 is 15.4 Å². The first-order valence-corrected chi connectivity index (χ1v) is 20.5. The van der Waals surface area contributed by atoms with E-state index in [0.29, 0.717) is 65.4 Å². The van der Waals surface area contributed by atoms with Crippen LogP contribution in [0.1, 0.15) is 80.4 Å². The number of carbonyl (C=O) groups excluding carboxylic acids is 3. The lowest BCUT2D eigenvalue weighted by Gasteiger charge is -2.39. The van der Waals surface area contributed by atoms with Crippen molar-refractivity contribution in [2.75, 3.05) is 50.9 Å². The molecule has 3 aromatic heterocycles. The molecule has 2 aliphatic rings. The third kappa shape index (κ3) is 13.5. The number of hydrogen-bond donors (Lipinski definition) is 5. The molecular weight excluding hydrogens is 889 g/mol. The van der Waals surface area contributed by atoms with Crippen LogP contribution in [0.15, 0.2) is 57.5 Å². The summed E-state index contributed by atoms with van der Waals surface area (Å²) in [6, 6.07) is 13.9. The Kier molecular flexibility index (Phi) is 15.8. The minimum Gasteiger partial charge on any atom is -0.475 e. The number of aromatic nitrogens is 2. The van der Waals surface area contributed by atoms with Gasteiger partial charge >= 0.3 is 36.4 Å². The number of piperidine rings is 2. The van der Waals surface area contributed by atoms with E-state index in [1.165, 1.54) is 19.3 Å². The number of furan rings is 1. The number of carbonyl (C=O) groups is 5. The van der Waals surface area contributed by atoms with E-state index in [-0.39, 0.29) is 23.1 Å². The number of aliphatic carboxylic acids is 2. The number of halogens is 6. The van der Waals surface area contributed by atoms with Crippen molar-refractivity contribution in [1.29, 1.82) is 0 Å². The Labute approximate surface area is 373 Å². The standard InChI is InChI=1S/C39H47N7O6.2C2HF3O2/c1-39(2,3)34-22-35(43-52-34)42-37(48)40-25-9-11-31-24(19-25)20-33(50-31)36(47)30-21-27-28(23-44(4)5)32(12-10-29(27)41-30)51-38(49)46-17-13-26(14-18-46)45-15-7-6-8-16-45;2*3-2(4,5)1(6)7/h9-12,19-22,26,41H,6-8,13-18,23H2,1-5H3,(H2,40,42,43,48);2*(H,6,7). The van der Waals surface area contributed by atoms with Crippen molar-refractivity contribution < 1.29 is 74.2 Å². The van der Waals surface area contributed by atoms with Crippen LogP contribution in [0.3, 0.4) is 0 Å². The largest absolute Gasteiger partial charge is 0.490 e. The van der Waals surface area contributed by atoms with Gasteiger partial charge in [-0.3, -0.25) is 10.1 Å². The van der Waals surface area contributed by atoms with Crippen LogP contribution in [0.5, 0.6) is 5.75 Å². The number of H-pyrrole nitrogens is 1. The number of alkyl halides is 6. The van der Waals surface area contributed by atoms with Gasteiger partial charge in [0.25, 0.3) is 0 Å². The number of carboxylic acid groups (broad SMARTS) is 2. The third-order valence-electron chi connectivity index (χ3n) is 10.4.